The maximum Gasteiger partial charge on any atom is 0.0482 e. The lowest BCUT2D eigenvalue weighted by molar-refractivity contribution is 0.413. The first-order valence-electron chi connectivity index (χ1n) is 5.79. The highest BCUT2D eigenvalue weighted by Crippen LogP contribution is 2.24. The van der Waals surface area contributed by atoms with Gasteiger partial charge in [-0.15, -0.1) is 0 Å². The lowest BCUT2D eigenvalue weighted by Crippen LogP contribution is -2.15. The summed E-state index contributed by atoms with van der Waals surface area (Å²) in [6.07, 6.45) is 1.13. The molecule has 0 N–H and O–H groups in total. The number of nitrogens with zero attached hydrogens (tertiary/aromatic N) is 2. The van der Waals surface area contributed by atoms with Crippen molar-refractivity contribution in [2.45, 2.75) is 13.3 Å². The second-order valence-electron chi connectivity index (χ2n) is 4.69. The molecule has 0 atom stereocenters. The Labute approximate surface area is 97.5 Å². The summed E-state index contributed by atoms with van der Waals surface area (Å²) >= 11 is 0. The van der Waals surface area contributed by atoms with Crippen molar-refractivity contribution in [3.8, 4) is 0 Å². The van der Waals surface area contributed by atoms with Crippen molar-refractivity contribution in [3.05, 3.63) is 35.5 Å². The number of fused-ring (bicyclic) bond motifs is 1. The molecule has 0 fully saturated rings. The Morgan fingerprint density at radius 1 is 1.19 bits per heavy atom. The van der Waals surface area contributed by atoms with E-state index in [4.69, 9.17) is 0 Å². The van der Waals surface area contributed by atoms with Crippen LogP contribution in [0, 0.1) is 6.92 Å². The van der Waals surface area contributed by atoms with Crippen LogP contribution in [0.5, 0.6) is 0 Å². The van der Waals surface area contributed by atoms with Crippen LogP contribution in [0.25, 0.3) is 10.9 Å². The lowest BCUT2D eigenvalue weighted by Gasteiger charge is -2.09. The average Bonchev–Trinajstić information content (AvgIpc) is 2.50. The standard InChI is InChI=1S/C14H20N2/c1-11-12(9-10-15(2)3)13-7-5-6-8-14(13)16(11)4/h5-8H,9-10H2,1-4H3. The second kappa shape index (κ2) is 4.30. The van der Waals surface area contributed by atoms with Crippen molar-refractivity contribution in [2.75, 3.05) is 20.6 Å². The topological polar surface area (TPSA) is 8.17 Å². The molecule has 86 valence electrons. The van der Waals surface area contributed by atoms with E-state index in [2.05, 4.69) is 61.8 Å². The Morgan fingerprint density at radius 3 is 2.56 bits per heavy atom. The van der Waals surface area contributed by atoms with Gasteiger partial charge in [0, 0.05) is 30.2 Å². The summed E-state index contributed by atoms with van der Waals surface area (Å²) in [7, 11) is 6.40. The minimum Gasteiger partial charge on any atom is -0.348 e. The second-order valence-corrected chi connectivity index (χ2v) is 4.69. The minimum absolute atomic E-state index is 1.11. The van der Waals surface area contributed by atoms with Crippen LogP contribution in [0.4, 0.5) is 0 Å². The number of para-hydroxylation sites is 1. The minimum atomic E-state index is 1.11. The Bertz CT molecular complexity index is 495. The van der Waals surface area contributed by atoms with Gasteiger partial charge in [-0.2, -0.15) is 0 Å². The zero-order valence-corrected chi connectivity index (χ0v) is 10.6. The van der Waals surface area contributed by atoms with Gasteiger partial charge in [0.1, 0.15) is 0 Å². The number of aryl methyl sites for hydroxylation is 1. The molecule has 0 bridgehead atoms. The van der Waals surface area contributed by atoms with Gasteiger partial charge >= 0.3 is 0 Å². The number of aromatic nitrogens is 1. The van der Waals surface area contributed by atoms with Crippen molar-refractivity contribution in [1.29, 1.82) is 0 Å². The highest BCUT2D eigenvalue weighted by atomic mass is 15.0. The fraction of sp³-hybridized carbons (Fsp3) is 0.429. The van der Waals surface area contributed by atoms with Gasteiger partial charge in [0.25, 0.3) is 0 Å². The molecule has 0 aliphatic carbocycles. The third kappa shape index (κ3) is 1.85. The lowest BCUT2D eigenvalue weighted by atomic mass is 10.1. The number of benzene rings is 1. The summed E-state index contributed by atoms with van der Waals surface area (Å²) in [6.45, 7) is 3.32. The summed E-state index contributed by atoms with van der Waals surface area (Å²) in [4.78, 5) is 2.24. The van der Waals surface area contributed by atoms with E-state index in [0.717, 1.165) is 13.0 Å². The van der Waals surface area contributed by atoms with Crippen molar-refractivity contribution in [1.82, 2.24) is 9.47 Å². The molecule has 0 saturated carbocycles. The highest BCUT2D eigenvalue weighted by molar-refractivity contribution is 5.85. The number of likely N-dealkylation sites (N-methyl/N-ethyl adjacent to an activating group) is 1. The molecule has 1 heterocycles. The molecule has 0 aliphatic heterocycles. The normalized spacial score (nSPS) is 11.6. The molecule has 1 aromatic carbocycles. The van der Waals surface area contributed by atoms with E-state index in [0.29, 0.717) is 0 Å². The van der Waals surface area contributed by atoms with Gasteiger partial charge in [0.05, 0.1) is 0 Å². The van der Waals surface area contributed by atoms with E-state index in [1.54, 1.807) is 0 Å². The molecule has 0 spiro atoms. The Morgan fingerprint density at radius 2 is 1.88 bits per heavy atom. The van der Waals surface area contributed by atoms with Gasteiger partial charge in [-0.05, 0) is 39.1 Å². The number of hydrogen-bond donors (Lipinski definition) is 0. The monoisotopic (exact) mass is 216 g/mol. The first-order chi connectivity index (χ1) is 7.61. The molecule has 2 heteroatoms. The summed E-state index contributed by atoms with van der Waals surface area (Å²) in [5.41, 5.74) is 4.23. The predicted octanol–water partition coefficient (Wildman–Crippen LogP) is 2.59. The van der Waals surface area contributed by atoms with Crippen LogP contribution in [0.1, 0.15) is 11.3 Å². The van der Waals surface area contributed by atoms with Crippen LogP contribution >= 0.6 is 0 Å². The van der Waals surface area contributed by atoms with Gasteiger partial charge in [-0.1, -0.05) is 18.2 Å². The largest absolute Gasteiger partial charge is 0.348 e. The molecule has 16 heavy (non-hydrogen) atoms. The van der Waals surface area contributed by atoms with Crippen molar-refractivity contribution in [3.63, 3.8) is 0 Å². The molecule has 0 unspecified atom stereocenters. The van der Waals surface area contributed by atoms with Gasteiger partial charge < -0.3 is 9.47 Å². The van der Waals surface area contributed by atoms with Crippen molar-refractivity contribution >= 4 is 10.9 Å². The third-order valence-electron chi connectivity index (χ3n) is 3.34. The Hall–Kier alpha value is -1.28. The van der Waals surface area contributed by atoms with Crippen molar-refractivity contribution in [2.24, 2.45) is 7.05 Å². The molecule has 0 saturated heterocycles. The molecule has 2 rings (SSSR count). The molecule has 2 nitrogen and oxygen atoms in total. The fourth-order valence-corrected chi connectivity index (χ4v) is 2.25. The van der Waals surface area contributed by atoms with Crippen LogP contribution in [-0.2, 0) is 13.5 Å². The zero-order valence-electron chi connectivity index (χ0n) is 10.6. The van der Waals surface area contributed by atoms with Crippen LogP contribution in [-0.4, -0.2) is 30.1 Å². The van der Waals surface area contributed by atoms with Gasteiger partial charge in [-0.3, -0.25) is 0 Å². The van der Waals surface area contributed by atoms with Gasteiger partial charge in [0.2, 0.25) is 0 Å². The fourth-order valence-electron chi connectivity index (χ4n) is 2.25. The molecule has 0 aliphatic rings. The van der Waals surface area contributed by atoms with Gasteiger partial charge in [-0.25, -0.2) is 0 Å². The van der Waals surface area contributed by atoms with Crippen molar-refractivity contribution < 1.29 is 0 Å². The maximum absolute atomic E-state index is 2.29. The first kappa shape index (κ1) is 11.2. The van der Waals surface area contributed by atoms with Crippen LogP contribution in [0.15, 0.2) is 24.3 Å². The van der Waals surface area contributed by atoms with Crippen LogP contribution in [0.2, 0.25) is 0 Å². The molecule has 2 aromatic rings. The zero-order chi connectivity index (χ0) is 11.7. The molecule has 0 radical (unpaired) electrons. The van der Waals surface area contributed by atoms with E-state index in [-0.39, 0.29) is 0 Å². The Balaban J connectivity index is 2.47. The quantitative estimate of drug-likeness (QED) is 0.765. The summed E-state index contributed by atoms with van der Waals surface area (Å²) < 4.78 is 2.29. The first-order valence-corrected chi connectivity index (χ1v) is 5.79. The summed E-state index contributed by atoms with van der Waals surface area (Å²) in [6, 6.07) is 8.66. The van der Waals surface area contributed by atoms with E-state index in [9.17, 15) is 0 Å². The van der Waals surface area contributed by atoms with E-state index < -0.39 is 0 Å². The molecule has 0 amide bonds. The number of hydrogen-bond acceptors (Lipinski definition) is 1. The average molecular weight is 216 g/mol. The Kier molecular flexibility index (Phi) is 3.01. The SMILES string of the molecule is Cc1c(CCN(C)C)c2ccccc2n1C. The third-order valence-corrected chi connectivity index (χ3v) is 3.34. The smallest absolute Gasteiger partial charge is 0.0482 e. The predicted molar refractivity (Wildman–Crippen MR) is 69.9 cm³/mol. The van der Waals surface area contributed by atoms with E-state index in [1.807, 2.05) is 0 Å². The molecular formula is C14H20N2. The van der Waals surface area contributed by atoms with E-state index >= 15 is 0 Å². The van der Waals surface area contributed by atoms with Crippen LogP contribution in [0.3, 0.4) is 0 Å². The molecular weight excluding hydrogens is 196 g/mol. The molecule has 1 aromatic heterocycles. The van der Waals surface area contributed by atoms with Crippen LogP contribution < -0.4 is 0 Å². The number of rotatable bonds is 3. The summed E-state index contributed by atoms with van der Waals surface area (Å²) in [5.74, 6) is 0. The summed E-state index contributed by atoms with van der Waals surface area (Å²) in [5, 5.41) is 1.41. The van der Waals surface area contributed by atoms with Gasteiger partial charge in [0.15, 0.2) is 0 Å². The van der Waals surface area contributed by atoms with E-state index in [1.165, 1.54) is 22.2 Å². The highest BCUT2D eigenvalue weighted by Gasteiger charge is 2.10. The maximum atomic E-state index is 2.29.